The summed E-state index contributed by atoms with van der Waals surface area (Å²) in [4.78, 5) is 10.3. The number of para-hydroxylation sites is 8. The predicted molar refractivity (Wildman–Crippen MR) is 236 cm³/mol. The van der Waals surface area contributed by atoms with Crippen molar-refractivity contribution in [2.45, 2.75) is 0 Å². The minimum atomic E-state index is -2.84. The monoisotopic (exact) mass is 746 g/mol. The Morgan fingerprint density at radius 3 is 1.00 bits per heavy atom. The maximum Gasteiger partial charge on any atom is 0.220 e. The van der Waals surface area contributed by atoms with E-state index in [4.69, 9.17) is 9.97 Å². The number of fused-ring (bicyclic) bond motifs is 10. The van der Waals surface area contributed by atoms with Crippen molar-refractivity contribution < 1.29 is 0 Å². The van der Waals surface area contributed by atoms with E-state index in [1.807, 2.05) is 0 Å². The van der Waals surface area contributed by atoms with Crippen LogP contribution in [0.5, 0.6) is 0 Å². The van der Waals surface area contributed by atoms with Gasteiger partial charge in [0.05, 0.1) is 44.1 Å². The number of nitrogens with zero attached hydrogens (tertiary/aromatic N) is 6. The summed E-state index contributed by atoms with van der Waals surface area (Å²) in [5.41, 5.74) is 10.9. The maximum absolute atomic E-state index is 5.15. The Labute approximate surface area is 328 Å². The van der Waals surface area contributed by atoms with Gasteiger partial charge in [0.25, 0.3) is 0 Å². The van der Waals surface area contributed by atoms with Gasteiger partial charge in [0.15, 0.2) is 8.07 Å². The fourth-order valence-electron chi connectivity index (χ4n) is 9.31. The molecule has 0 N–H and O–H groups in total. The molecule has 0 aliphatic rings. The fraction of sp³-hybridized carbons (Fsp3) is 0. The van der Waals surface area contributed by atoms with Gasteiger partial charge in [-0.2, -0.15) is 0 Å². The molecule has 0 fully saturated rings. The third kappa shape index (κ3) is 4.51. The number of benzene rings is 8. The van der Waals surface area contributed by atoms with Crippen molar-refractivity contribution in [2.75, 3.05) is 0 Å². The van der Waals surface area contributed by atoms with Gasteiger partial charge >= 0.3 is 0 Å². The highest BCUT2D eigenvalue weighted by Crippen LogP contribution is 2.31. The van der Waals surface area contributed by atoms with E-state index in [2.05, 4.69) is 224 Å². The Morgan fingerprint density at radius 1 is 0.281 bits per heavy atom. The first-order valence-electron chi connectivity index (χ1n) is 19.4. The van der Waals surface area contributed by atoms with Gasteiger partial charge in [-0.05, 0) is 93.5 Å². The van der Waals surface area contributed by atoms with E-state index in [0.29, 0.717) is 0 Å². The van der Waals surface area contributed by atoms with Crippen molar-refractivity contribution in [1.82, 2.24) is 27.9 Å². The molecule has 0 saturated carbocycles. The molecule has 0 radical (unpaired) electrons. The lowest BCUT2D eigenvalue weighted by Gasteiger charge is -2.34. The molecule has 7 heteroatoms. The second kappa shape index (κ2) is 12.3. The smallest absolute Gasteiger partial charge is 0.220 e. The lowest BCUT2D eigenvalue weighted by atomic mass is 10.2. The predicted octanol–water partition coefficient (Wildman–Crippen LogP) is 8.55. The first-order valence-corrected chi connectivity index (χ1v) is 21.4. The van der Waals surface area contributed by atoms with Gasteiger partial charge in [-0.3, -0.25) is 17.9 Å². The first-order chi connectivity index (χ1) is 28.3. The third-order valence-corrected chi connectivity index (χ3v) is 16.5. The molecule has 57 heavy (non-hydrogen) atoms. The molecule has 8 aromatic carbocycles. The number of rotatable bonds is 6. The molecular formula is C50H34N6Si. The highest BCUT2D eigenvalue weighted by molar-refractivity contribution is 7.19. The Bertz CT molecular complexity index is 3210. The van der Waals surface area contributed by atoms with Crippen molar-refractivity contribution in [2.24, 2.45) is 0 Å². The molecule has 12 rings (SSSR count). The maximum atomic E-state index is 5.15. The van der Waals surface area contributed by atoms with Crippen molar-refractivity contribution in [1.29, 1.82) is 0 Å². The molecule has 0 unspecified atom stereocenters. The summed E-state index contributed by atoms with van der Waals surface area (Å²) >= 11 is 0. The van der Waals surface area contributed by atoms with Crippen LogP contribution >= 0.6 is 0 Å². The van der Waals surface area contributed by atoms with E-state index in [-0.39, 0.29) is 0 Å². The molecule has 0 spiro atoms. The Kier molecular flexibility index (Phi) is 6.85. The van der Waals surface area contributed by atoms with Gasteiger partial charge in [-0.15, -0.1) is 0 Å². The molecule has 0 saturated heterocycles. The number of aromatic nitrogens is 6. The molecule has 0 aliphatic heterocycles. The summed E-state index contributed by atoms with van der Waals surface area (Å²) < 4.78 is 9.15. The van der Waals surface area contributed by atoms with Gasteiger partial charge in [-0.25, -0.2) is 9.97 Å². The van der Waals surface area contributed by atoms with E-state index in [9.17, 15) is 0 Å². The van der Waals surface area contributed by atoms with Crippen molar-refractivity contribution in [3.63, 3.8) is 0 Å². The molecule has 0 aliphatic carbocycles. The number of hydrogen-bond acceptors (Lipinski definition) is 2. The van der Waals surface area contributed by atoms with Crippen LogP contribution < -0.4 is 20.7 Å². The quantitative estimate of drug-likeness (QED) is 0.127. The van der Waals surface area contributed by atoms with Gasteiger partial charge in [-0.1, -0.05) is 133 Å². The molecule has 0 amide bonds. The van der Waals surface area contributed by atoms with E-state index >= 15 is 0 Å². The van der Waals surface area contributed by atoms with Crippen LogP contribution in [0.15, 0.2) is 206 Å². The zero-order chi connectivity index (χ0) is 37.5. The van der Waals surface area contributed by atoms with Crippen LogP contribution in [0.4, 0.5) is 0 Å². The van der Waals surface area contributed by atoms with E-state index in [1.165, 1.54) is 20.7 Å². The van der Waals surface area contributed by atoms with Crippen LogP contribution in [0.1, 0.15) is 0 Å². The second-order valence-corrected chi connectivity index (χ2v) is 18.5. The Balaban J connectivity index is 1.07. The number of hydrogen-bond donors (Lipinski definition) is 0. The summed E-state index contributed by atoms with van der Waals surface area (Å²) in [7, 11) is -2.84. The molecule has 12 aromatic rings. The van der Waals surface area contributed by atoms with Crippen LogP contribution in [0, 0.1) is 0 Å². The summed E-state index contributed by atoms with van der Waals surface area (Å²) in [5, 5.41) is 5.29. The Morgan fingerprint density at radius 2 is 0.596 bits per heavy atom. The zero-order valence-corrected chi connectivity index (χ0v) is 31.8. The molecule has 0 atom stereocenters. The molecule has 6 nitrogen and oxygen atoms in total. The summed E-state index contributed by atoms with van der Waals surface area (Å²) in [6.07, 6.45) is 0. The molecular weight excluding hydrogens is 713 g/mol. The lowest BCUT2D eigenvalue weighted by molar-refractivity contribution is 1.11. The third-order valence-electron chi connectivity index (χ3n) is 11.7. The average molecular weight is 747 g/mol. The normalized spacial score (nSPS) is 12.2. The zero-order valence-electron chi connectivity index (χ0n) is 30.8. The molecule has 4 aromatic heterocycles. The van der Waals surface area contributed by atoms with Gasteiger partial charge in [0.1, 0.15) is 0 Å². The highest BCUT2D eigenvalue weighted by atomic mass is 28.3. The summed E-state index contributed by atoms with van der Waals surface area (Å²) in [5.74, 6) is 1.82. The number of imidazole rings is 4. The highest BCUT2D eigenvalue weighted by Gasteiger charge is 2.41. The lowest BCUT2D eigenvalue weighted by Crippen LogP contribution is -2.74. The van der Waals surface area contributed by atoms with Crippen LogP contribution in [0.3, 0.4) is 0 Å². The fourth-order valence-corrected chi connectivity index (χ4v) is 14.0. The standard InChI is InChI=1S/C50H34N6Si/c1-3-15-37(16-4-1)57(38-17-5-2-6-18-38,39-31-27-35(28-32-39)53-45-23-11-13-25-47(45)55-43-21-9-7-19-41(43)51-49(53)55)40-33-29-36(30-34-40)54-46-24-12-14-26-48(46)56-44-22-10-8-20-42(44)52-50(54)56/h1-34H. The molecule has 268 valence electrons. The van der Waals surface area contributed by atoms with Gasteiger partial charge < -0.3 is 0 Å². The van der Waals surface area contributed by atoms with E-state index in [1.54, 1.807) is 0 Å². The van der Waals surface area contributed by atoms with Crippen LogP contribution in [0.25, 0.3) is 67.1 Å². The molecule has 4 heterocycles. The Hall–Kier alpha value is -7.48. The molecule has 0 bridgehead atoms. The largest absolute Gasteiger partial charge is 0.278 e. The van der Waals surface area contributed by atoms with E-state index < -0.39 is 8.07 Å². The van der Waals surface area contributed by atoms with Crippen molar-refractivity contribution in [3.05, 3.63) is 206 Å². The minimum Gasteiger partial charge on any atom is -0.278 e. The van der Waals surface area contributed by atoms with Crippen LogP contribution in [0.2, 0.25) is 0 Å². The minimum absolute atomic E-state index is 0.910. The summed E-state index contributed by atoms with van der Waals surface area (Å²) in [6, 6.07) is 74.8. The average Bonchev–Trinajstić information content (AvgIpc) is 4.02. The van der Waals surface area contributed by atoms with Crippen molar-refractivity contribution in [3.8, 4) is 11.4 Å². The first kappa shape index (κ1) is 31.8. The van der Waals surface area contributed by atoms with Crippen LogP contribution in [-0.4, -0.2) is 36.0 Å². The van der Waals surface area contributed by atoms with E-state index in [0.717, 1.165) is 67.1 Å². The SMILES string of the molecule is c1ccc([Si](c2ccccc2)(c2ccc(-n3c4ccccc4n4c5ccccc5nc34)cc2)c2ccc(-n3c4ccccc4n4c5ccccc5nc34)cc2)cc1. The van der Waals surface area contributed by atoms with Crippen molar-refractivity contribution >= 4 is 84.5 Å². The van der Waals surface area contributed by atoms with Crippen LogP contribution in [-0.2, 0) is 0 Å². The van der Waals surface area contributed by atoms with Gasteiger partial charge in [0.2, 0.25) is 11.6 Å². The van der Waals surface area contributed by atoms with Gasteiger partial charge in [0, 0.05) is 11.4 Å². The topological polar surface area (TPSA) is 44.5 Å². The summed E-state index contributed by atoms with van der Waals surface area (Å²) in [6.45, 7) is 0. The second-order valence-electron chi connectivity index (χ2n) is 14.7.